The molecule has 2 fully saturated rings. The Morgan fingerprint density at radius 2 is 1.93 bits per heavy atom. The van der Waals surface area contributed by atoms with E-state index >= 15 is 4.39 Å². The summed E-state index contributed by atoms with van der Waals surface area (Å²) in [4.78, 5) is 54.6. The molecule has 13 nitrogen and oxygen atoms in total. The lowest BCUT2D eigenvalue weighted by molar-refractivity contribution is -0.153. The molecule has 5 rings (SSSR count). The zero-order valence-electron chi connectivity index (χ0n) is 22.3. The zero-order valence-corrected chi connectivity index (χ0v) is 22.3. The van der Waals surface area contributed by atoms with Gasteiger partial charge in [0.2, 0.25) is 11.7 Å². The Bertz CT molecular complexity index is 1450. The third-order valence-electron chi connectivity index (χ3n) is 8.56. The van der Waals surface area contributed by atoms with Crippen LogP contribution in [0.2, 0.25) is 0 Å². The number of ketones is 2. The molecule has 1 saturated heterocycles. The van der Waals surface area contributed by atoms with Crippen LogP contribution in [0.15, 0.2) is 23.0 Å². The van der Waals surface area contributed by atoms with Gasteiger partial charge in [0.05, 0.1) is 29.9 Å². The number of anilines is 1. The molecule has 5 atom stereocenters. The van der Waals surface area contributed by atoms with Crippen LogP contribution in [-0.4, -0.2) is 110 Å². The molecule has 1 aliphatic heterocycles. The normalized spacial score (nSPS) is 29.9. The maximum absolute atomic E-state index is 15.4. The first-order chi connectivity index (χ1) is 19.2. The third-order valence-corrected chi connectivity index (χ3v) is 8.56. The van der Waals surface area contributed by atoms with Crippen LogP contribution >= 0.6 is 0 Å². The highest BCUT2D eigenvalue weighted by Crippen LogP contribution is 2.53. The first kappa shape index (κ1) is 28.7. The predicted octanol–water partition coefficient (Wildman–Crippen LogP) is -0.892. The molecule has 1 heterocycles. The van der Waals surface area contributed by atoms with Crippen molar-refractivity contribution in [3.05, 3.63) is 39.9 Å². The minimum absolute atomic E-state index is 0.142. The number of hydrogen-bond acceptors (Lipinski definition) is 11. The number of fused-ring (bicyclic) bond motifs is 3. The molecule has 0 unspecified atom stereocenters. The van der Waals surface area contributed by atoms with E-state index in [2.05, 4.69) is 5.32 Å². The Morgan fingerprint density at radius 3 is 2.51 bits per heavy atom. The number of phenolic OH excluding ortho intramolecular Hbond substituents is 1. The molecule has 14 heteroatoms. The second-order valence-corrected chi connectivity index (χ2v) is 11.3. The molecule has 0 aromatic heterocycles. The van der Waals surface area contributed by atoms with Crippen LogP contribution in [0.1, 0.15) is 24.0 Å². The van der Waals surface area contributed by atoms with Crippen LogP contribution in [-0.2, 0) is 25.6 Å². The number of carbonyl (C=O) groups excluding carboxylic acids is 4. The van der Waals surface area contributed by atoms with E-state index in [4.69, 9.17) is 5.73 Å². The number of Topliss-reactive ketones (excluding diaryl/α,β-unsaturated/α-hetero) is 2. The lowest BCUT2D eigenvalue weighted by atomic mass is 9.57. The summed E-state index contributed by atoms with van der Waals surface area (Å²) in [6, 6.07) is -0.357. The number of rotatable bonds is 5. The van der Waals surface area contributed by atoms with E-state index in [0.717, 1.165) is 6.07 Å². The molecule has 0 bridgehead atoms. The Hall–Kier alpha value is -3.85. The highest BCUT2D eigenvalue weighted by atomic mass is 19.1. The smallest absolute Gasteiger partial charge is 0.255 e. The van der Waals surface area contributed by atoms with Crippen molar-refractivity contribution in [2.24, 2.45) is 17.6 Å². The van der Waals surface area contributed by atoms with Gasteiger partial charge in [0.1, 0.15) is 22.9 Å². The van der Waals surface area contributed by atoms with E-state index in [9.17, 15) is 44.7 Å². The first-order valence-corrected chi connectivity index (χ1v) is 13.1. The second kappa shape index (κ2) is 9.91. The Kier molecular flexibility index (Phi) is 6.93. The molecule has 41 heavy (non-hydrogen) atoms. The van der Waals surface area contributed by atoms with Crippen molar-refractivity contribution in [3.63, 3.8) is 0 Å². The minimum atomic E-state index is -2.81. The van der Waals surface area contributed by atoms with Gasteiger partial charge in [-0.3, -0.25) is 29.0 Å². The van der Waals surface area contributed by atoms with Gasteiger partial charge in [-0.2, -0.15) is 0 Å². The second-order valence-electron chi connectivity index (χ2n) is 11.3. The number of amides is 2. The predicted molar refractivity (Wildman–Crippen MR) is 140 cm³/mol. The largest absolute Gasteiger partial charge is 0.508 e. The van der Waals surface area contributed by atoms with Gasteiger partial charge in [0, 0.05) is 36.2 Å². The molecule has 1 aromatic carbocycles. The molecular formula is C27H31FN4O9. The SMILES string of the molecule is CN(C)[C@@H]1C(=O)C(C(N)=O)=C(O)[C@@]2(O)C(=O)C3=C(O)c4c(O)c(NC(=O)CN5CC[C@@H](O)C5)cc(F)c4C[C@H]3C[C@@H]12. The summed E-state index contributed by atoms with van der Waals surface area (Å²) >= 11 is 0. The molecular weight excluding hydrogens is 543 g/mol. The fraction of sp³-hybridized carbons (Fsp3) is 0.481. The first-order valence-electron chi connectivity index (χ1n) is 13.1. The number of benzene rings is 1. The van der Waals surface area contributed by atoms with Crippen molar-refractivity contribution >= 4 is 34.8 Å². The number of nitrogens with zero attached hydrogens (tertiary/aromatic N) is 2. The summed E-state index contributed by atoms with van der Waals surface area (Å²) in [6.45, 7) is 0.604. The number of hydrogen-bond donors (Lipinski definition) is 7. The van der Waals surface area contributed by atoms with Gasteiger partial charge in [0.15, 0.2) is 17.1 Å². The van der Waals surface area contributed by atoms with Crippen LogP contribution in [0.5, 0.6) is 5.75 Å². The van der Waals surface area contributed by atoms with Crippen LogP contribution in [0.3, 0.4) is 0 Å². The standard InChI is InChI=1S/C27H31FN4O9/c1-31(2)20-13-6-10-5-12-14(28)7-15(30-16(34)9-32-4-3-11(33)8-32)21(35)18(12)22(36)17(10)24(38)27(13,41)25(39)19(23(20)37)26(29)40/h7,10-11,13,20,33,35-36,39,41H,3-6,8-9H2,1-2H3,(H2,29,40)(H,30,34)/t10-,11+,13-,20-,27-/m0/s1. The Balaban J connectivity index is 1.57. The summed E-state index contributed by atoms with van der Waals surface area (Å²) in [5, 5.41) is 56.8. The van der Waals surface area contributed by atoms with Gasteiger partial charge < -0.3 is 36.6 Å². The molecule has 8 N–H and O–H groups in total. The fourth-order valence-corrected chi connectivity index (χ4v) is 6.71. The maximum Gasteiger partial charge on any atom is 0.255 e. The summed E-state index contributed by atoms with van der Waals surface area (Å²) in [6.07, 6.45) is -0.467. The number of aliphatic hydroxyl groups is 4. The van der Waals surface area contributed by atoms with Crippen molar-refractivity contribution in [1.29, 1.82) is 0 Å². The number of primary amides is 1. The lowest BCUT2D eigenvalue weighted by Crippen LogP contribution is -2.65. The molecule has 1 saturated carbocycles. The molecule has 3 aliphatic carbocycles. The number of nitrogens with two attached hydrogens (primary N) is 1. The van der Waals surface area contributed by atoms with Gasteiger partial charge in [-0.1, -0.05) is 0 Å². The van der Waals surface area contributed by atoms with E-state index in [-0.39, 0.29) is 37.2 Å². The monoisotopic (exact) mass is 574 g/mol. The van der Waals surface area contributed by atoms with Gasteiger partial charge >= 0.3 is 0 Å². The number of likely N-dealkylation sites (tertiary alicyclic amines) is 1. The average Bonchev–Trinajstić information content (AvgIpc) is 3.28. The van der Waals surface area contributed by atoms with Gasteiger partial charge in [-0.25, -0.2) is 4.39 Å². The summed E-state index contributed by atoms with van der Waals surface area (Å²) in [5.74, 6) is -9.96. The van der Waals surface area contributed by atoms with Gasteiger partial charge in [0.25, 0.3) is 5.91 Å². The minimum Gasteiger partial charge on any atom is -0.508 e. The van der Waals surface area contributed by atoms with E-state index in [1.54, 1.807) is 4.90 Å². The van der Waals surface area contributed by atoms with E-state index < -0.39 is 92.8 Å². The number of phenols is 1. The lowest BCUT2D eigenvalue weighted by Gasteiger charge is -2.50. The fourth-order valence-electron chi connectivity index (χ4n) is 6.71. The van der Waals surface area contributed by atoms with Crippen LogP contribution in [0, 0.1) is 17.7 Å². The quantitative estimate of drug-likeness (QED) is 0.169. The highest BCUT2D eigenvalue weighted by molar-refractivity contribution is 6.24. The van der Waals surface area contributed by atoms with Crippen LogP contribution < -0.4 is 11.1 Å². The highest BCUT2D eigenvalue weighted by Gasteiger charge is 2.64. The van der Waals surface area contributed by atoms with Crippen molar-refractivity contribution in [1.82, 2.24) is 9.80 Å². The third kappa shape index (κ3) is 4.29. The van der Waals surface area contributed by atoms with Crippen LogP contribution in [0.4, 0.5) is 10.1 Å². The van der Waals surface area contributed by atoms with Gasteiger partial charge in [-0.15, -0.1) is 0 Å². The topological polar surface area (TPSA) is 214 Å². The van der Waals surface area contributed by atoms with E-state index in [1.807, 2.05) is 0 Å². The molecule has 1 aromatic rings. The van der Waals surface area contributed by atoms with Crippen molar-refractivity contribution < 1.29 is 49.1 Å². The Labute approximate surface area is 233 Å². The molecule has 0 spiro atoms. The number of halogens is 1. The molecule has 220 valence electrons. The summed E-state index contributed by atoms with van der Waals surface area (Å²) in [7, 11) is 2.96. The number of likely N-dealkylation sites (N-methyl/N-ethyl adjacent to an activating group) is 1. The van der Waals surface area contributed by atoms with E-state index in [0.29, 0.717) is 13.0 Å². The maximum atomic E-state index is 15.4. The van der Waals surface area contributed by atoms with E-state index in [1.165, 1.54) is 19.0 Å². The van der Waals surface area contributed by atoms with Crippen molar-refractivity contribution in [2.75, 3.05) is 39.0 Å². The number of aromatic hydroxyl groups is 1. The number of carbonyl (C=O) groups is 4. The van der Waals surface area contributed by atoms with Crippen LogP contribution in [0.25, 0.3) is 5.76 Å². The molecule has 2 amide bonds. The molecule has 0 radical (unpaired) electrons. The zero-order chi connectivity index (χ0) is 30.1. The van der Waals surface area contributed by atoms with Crippen molar-refractivity contribution in [2.45, 2.75) is 37.0 Å². The average molecular weight is 575 g/mol. The van der Waals surface area contributed by atoms with Gasteiger partial charge in [-0.05, 0) is 39.3 Å². The number of β-amino-alcohol motifs (C(OH)–C–C–N with tert-alkyl or cyclic N) is 1. The Morgan fingerprint density at radius 1 is 1.24 bits per heavy atom. The summed E-state index contributed by atoms with van der Waals surface area (Å²) in [5.41, 5.74) is 0.149. The number of nitrogens with one attached hydrogen (secondary N) is 1. The number of aliphatic hydroxyl groups excluding tert-OH is 3. The summed E-state index contributed by atoms with van der Waals surface area (Å²) < 4.78 is 15.4. The van der Waals surface area contributed by atoms with Crippen molar-refractivity contribution in [3.8, 4) is 5.75 Å². The molecule has 4 aliphatic rings.